The van der Waals surface area contributed by atoms with Gasteiger partial charge in [0.2, 0.25) is 0 Å². The predicted octanol–water partition coefficient (Wildman–Crippen LogP) is 2.48. The molecule has 6 heteroatoms. The second-order valence-electron chi connectivity index (χ2n) is 4.72. The van der Waals surface area contributed by atoms with Crippen LogP contribution in [0.4, 0.5) is 0 Å². The Bertz CT molecular complexity index is 606. The van der Waals surface area contributed by atoms with Crippen molar-refractivity contribution in [3.63, 3.8) is 0 Å². The van der Waals surface area contributed by atoms with E-state index in [4.69, 9.17) is 19.2 Å². The number of aromatic nitrogens is 1. The Morgan fingerprint density at radius 1 is 1.10 bits per heavy atom. The van der Waals surface area contributed by atoms with E-state index in [2.05, 4.69) is 5.32 Å². The molecule has 0 amide bonds. The van der Waals surface area contributed by atoms with Gasteiger partial charge in [-0.25, -0.2) is 4.98 Å². The summed E-state index contributed by atoms with van der Waals surface area (Å²) in [5.41, 5.74) is 2.06. The molecular weight excluding hydrogens is 288 g/mol. The van der Waals surface area contributed by atoms with E-state index in [-0.39, 0.29) is 0 Å². The number of ether oxygens (including phenoxy) is 3. The molecule has 0 radical (unpaired) electrons. The summed E-state index contributed by atoms with van der Waals surface area (Å²) >= 11 is 1.69. The molecule has 3 rings (SSSR count). The SMILES string of the molecule is COc1cc(OC)c(-c2nc3c(s2)CNCC3)c(OC)c1. The first kappa shape index (κ1) is 14.2. The van der Waals surface area contributed by atoms with Gasteiger partial charge in [-0.3, -0.25) is 0 Å². The molecule has 2 heterocycles. The molecule has 112 valence electrons. The number of rotatable bonds is 4. The fourth-order valence-electron chi connectivity index (χ4n) is 2.45. The first-order chi connectivity index (χ1) is 10.3. The van der Waals surface area contributed by atoms with E-state index < -0.39 is 0 Å². The van der Waals surface area contributed by atoms with E-state index in [0.29, 0.717) is 17.2 Å². The van der Waals surface area contributed by atoms with Gasteiger partial charge in [-0.05, 0) is 0 Å². The average Bonchev–Trinajstić information content (AvgIpc) is 2.96. The number of thiazole rings is 1. The largest absolute Gasteiger partial charge is 0.496 e. The van der Waals surface area contributed by atoms with Crippen LogP contribution in [-0.2, 0) is 13.0 Å². The summed E-state index contributed by atoms with van der Waals surface area (Å²) in [6, 6.07) is 3.72. The fourth-order valence-corrected chi connectivity index (χ4v) is 3.58. The highest BCUT2D eigenvalue weighted by atomic mass is 32.1. The van der Waals surface area contributed by atoms with E-state index in [1.165, 1.54) is 10.6 Å². The molecule has 0 saturated carbocycles. The monoisotopic (exact) mass is 306 g/mol. The molecule has 1 aromatic carbocycles. The van der Waals surface area contributed by atoms with Crippen LogP contribution in [0, 0.1) is 0 Å². The van der Waals surface area contributed by atoms with Crippen molar-refractivity contribution in [1.29, 1.82) is 0 Å². The zero-order valence-corrected chi connectivity index (χ0v) is 13.2. The van der Waals surface area contributed by atoms with Crippen LogP contribution < -0.4 is 19.5 Å². The number of nitrogens with zero attached hydrogens (tertiary/aromatic N) is 1. The van der Waals surface area contributed by atoms with Crippen molar-refractivity contribution in [2.24, 2.45) is 0 Å². The molecule has 0 aliphatic carbocycles. The van der Waals surface area contributed by atoms with Crippen molar-refractivity contribution < 1.29 is 14.2 Å². The summed E-state index contributed by atoms with van der Waals surface area (Å²) < 4.78 is 16.3. The molecule has 1 aromatic heterocycles. The van der Waals surface area contributed by atoms with Crippen LogP contribution in [0.2, 0.25) is 0 Å². The maximum atomic E-state index is 5.51. The van der Waals surface area contributed by atoms with Gasteiger partial charge in [-0.15, -0.1) is 11.3 Å². The van der Waals surface area contributed by atoms with E-state index in [1.54, 1.807) is 32.7 Å². The minimum absolute atomic E-state index is 0.704. The topological polar surface area (TPSA) is 52.6 Å². The maximum Gasteiger partial charge on any atom is 0.136 e. The normalized spacial score (nSPS) is 13.7. The van der Waals surface area contributed by atoms with E-state index >= 15 is 0 Å². The Morgan fingerprint density at radius 3 is 2.38 bits per heavy atom. The van der Waals surface area contributed by atoms with Gasteiger partial charge in [0.05, 0.1) is 32.6 Å². The molecule has 2 aromatic rings. The number of hydrogen-bond donors (Lipinski definition) is 1. The van der Waals surface area contributed by atoms with Crippen LogP contribution in [0.15, 0.2) is 12.1 Å². The molecule has 0 fully saturated rings. The van der Waals surface area contributed by atoms with Gasteiger partial charge >= 0.3 is 0 Å². The number of fused-ring (bicyclic) bond motifs is 1. The van der Waals surface area contributed by atoms with E-state index in [0.717, 1.165) is 30.1 Å². The van der Waals surface area contributed by atoms with Gasteiger partial charge in [0.25, 0.3) is 0 Å². The third kappa shape index (κ3) is 2.56. The van der Waals surface area contributed by atoms with Crippen LogP contribution in [-0.4, -0.2) is 32.9 Å². The minimum Gasteiger partial charge on any atom is -0.496 e. The quantitative estimate of drug-likeness (QED) is 0.940. The van der Waals surface area contributed by atoms with Gasteiger partial charge in [0.15, 0.2) is 0 Å². The lowest BCUT2D eigenvalue weighted by atomic mass is 10.1. The summed E-state index contributed by atoms with van der Waals surface area (Å²) in [5.74, 6) is 2.13. The summed E-state index contributed by atoms with van der Waals surface area (Å²) in [6.07, 6.45) is 0.965. The number of methoxy groups -OCH3 is 3. The van der Waals surface area contributed by atoms with Gasteiger partial charge in [-0.1, -0.05) is 0 Å². The Hall–Kier alpha value is -1.79. The van der Waals surface area contributed by atoms with Crippen molar-refractivity contribution in [1.82, 2.24) is 10.3 Å². The lowest BCUT2D eigenvalue weighted by Crippen LogP contribution is -2.22. The molecule has 0 bridgehead atoms. The molecule has 0 spiro atoms. The predicted molar refractivity (Wildman–Crippen MR) is 82.6 cm³/mol. The van der Waals surface area contributed by atoms with E-state index in [9.17, 15) is 0 Å². The Kier molecular flexibility index (Phi) is 3.98. The second-order valence-corrected chi connectivity index (χ2v) is 5.81. The zero-order chi connectivity index (χ0) is 14.8. The average molecular weight is 306 g/mol. The van der Waals surface area contributed by atoms with Gasteiger partial charge in [0.1, 0.15) is 22.3 Å². The fraction of sp³-hybridized carbons (Fsp3) is 0.400. The Morgan fingerprint density at radius 2 is 1.81 bits per heavy atom. The Balaban J connectivity index is 2.14. The molecule has 1 aliphatic heterocycles. The molecule has 0 atom stereocenters. The van der Waals surface area contributed by atoms with Crippen molar-refractivity contribution in [3.8, 4) is 27.8 Å². The third-order valence-corrected chi connectivity index (χ3v) is 4.65. The van der Waals surface area contributed by atoms with Crippen LogP contribution in [0.3, 0.4) is 0 Å². The van der Waals surface area contributed by atoms with Crippen LogP contribution in [0.25, 0.3) is 10.6 Å². The molecule has 0 saturated heterocycles. The van der Waals surface area contributed by atoms with Crippen LogP contribution >= 0.6 is 11.3 Å². The second kappa shape index (κ2) is 5.91. The van der Waals surface area contributed by atoms with E-state index in [1.807, 2.05) is 12.1 Å². The molecule has 21 heavy (non-hydrogen) atoms. The van der Waals surface area contributed by atoms with Crippen molar-refractivity contribution in [3.05, 3.63) is 22.7 Å². The summed E-state index contributed by atoms with van der Waals surface area (Å²) in [5, 5.41) is 4.30. The summed E-state index contributed by atoms with van der Waals surface area (Å²) in [7, 11) is 4.92. The first-order valence-electron chi connectivity index (χ1n) is 6.76. The highest BCUT2D eigenvalue weighted by Crippen LogP contribution is 2.44. The number of nitrogens with one attached hydrogen (secondary N) is 1. The number of benzene rings is 1. The lowest BCUT2D eigenvalue weighted by Gasteiger charge is -2.13. The highest BCUT2D eigenvalue weighted by Gasteiger charge is 2.22. The smallest absolute Gasteiger partial charge is 0.136 e. The highest BCUT2D eigenvalue weighted by molar-refractivity contribution is 7.15. The zero-order valence-electron chi connectivity index (χ0n) is 12.4. The lowest BCUT2D eigenvalue weighted by molar-refractivity contribution is 0.377. The minimum atomic E-state index is 0.704. The summed E-state index contributed by atoms with van der Waals surface area (Å²) in [6.45, 7) is 1.86. The van der Waals surface area contributed by atoms with Gasteiger partial charge in [-0.2, -0.15) is 0 Å². The van der Waals surface area contributed by atoms with Crippen LogP contribution in [0.1, 0.15) is 10.6 Å². The molecule has 1 N–H and O–H groups in total. The number of hydrogen-bond acceptors (Lipinski definition) is 6. The van der Waals surface area contributed by atoms with Crippen LogP contribution in [0.5, 0.6) is 17.2 Å². The first-order valence-corrected chi connectivity index (χ1v) is 7.58. The molecule has 5 nitrogen and oxygen atoms in total. The van der Waals surface area contributed by atoms with Gasteiger partial charge in [0, 0.05) is 36.5 Å². The van der Waals surface area contributed by atoms with Gasteiger partial charge < -0.3 is 19.5 Å². The Labute approximate surface area is 127 Å². The summed E-state index contributed by atoms with van der Waals surface area (Å²) in [4.78, 5) is 6.06. The molecular formula is C15H18N2O3S. The molecule has 0 unspecified atom stereocenters. The molecule has 1 aliphatic rings. The van der Waals surface area contributed by atoms with Crippen molar-refractivity contribution >= 4 is 11.3 Å². The maximum absolute atomic E-state index is 5.51. The van der Waals surface area contributed by atoms with Crippen molar-refractivity contribution in [2.75, 3.05) is 27.9 Å². The standard InChI is InChI=1S/C15H18N2O3S/c1-18-9-6-11(19-2)14(12(7-9)20-3)15-17-10-4-5-16-8-13(10)21-15/h6-7,16H,4-5,8H2,1-3H3. The van der Waals surface area contributed by atoms with Crippen molar-refractivity contribution in [2.45, 2.75) is 13.0 Å². The third-order valence-electron chi connectivity index (χ3n) is 3.53.